The molecule has 5 heteroatoms. The maximum Gasteiger partial charge on any atom is 0.123 e. The van der Waals surface area contributed by atoms with Crippen LogP contribution in [0.3, 0.4) is 0 Å². The van der Waals surface area contributed by atoms with Gasteiger partial charge >= 0.3 is 0 Å². The molecular weight excluding hydrogens is 244 g/mol. The highest BCUT2D eigenvalue weighted by Crippen LogP contribution is 2.34. The second-order valence-corrected chi connectivity index (χ2v) is 5.34. The Balaban J connectivity index is 2.15. The molecule has 0 unspecified atom stereocenters. The Morgan fingerprint density at radius 2 is 1.33 bits per heavy atom. The van der Waals surface area contributed by atoms with E-state index in [1.165, 1.54) is 21.5 Å². The SMILES string of the molecule is c1csc(-c2nsnc2-c2cccs2)c1. The van der Waals surface area contributed by atoms with E-state index >= 15 is 0 Å². The van der Waals surface area contributed by atoms with Gasteiger partial charge in [0, 0.05) is 0 Å². The summed E-state index contributed by atoms with van der Waals surface area (Å²) >= 11 is 4.68. The molecule has 0 fully saturated rings. The normalized spacial score (nSPS) is 10.7. The molecule has 3 aromatic rings. The monoisotopic (exact) mass is 250 g/mol. The van der Waals surface area contributed by atoms with Gasteiger partial charge in [-0.3, -0.25) is 0 Å². The van der Waals surface area contributed by atoms with Gasteiger partial charge in [-0.15, -0.1) is 22.7 Å². The minimum absolute atomic E-state index is 1.01. The quantitative estimate of drug-likeness (QED) is 0.687. The molecule has 74 valence electrons. The summed E-state index contributed by atoms with van der Waals surface area (Å²) in [5.74, 6) is 0. The smallest absolute Gasteiger partial charge is 0.123 e. The van der Waals surface area contributed by atoms with Crippen molar-refractivity contribution in [2.75, 3.05) is 0 Å². The highest BCUT2D eigenvalue weighted by Gasteiger charge is 2.13. The Hall–Kier alpha value is -1.04. The predicted octanol–water partition coefficient (Wildman–Crippen LogP) is 4.00. The molecule has 3 aromatic heterocycles. The third-order valence-electron chi connectivity index (χ3n) is 2.00. The van der Waals surface area contributed by atoms with Crippen molar-refractivity contribution in [1.29, 1.82) is 0 Å². The van der Waals surface area contributed by atoms with E-state index in [0.29, 0.717) is 0 Å². The van der Waals surface area contributed by atoms with E-state index in [-0.39, 0.29) is 0 Å². The summed E-state index contributed by atoms with van der Waals surface area (Å²) in [7, 11) is 0. The van der Waals surface area contributed by atoms with Crippen molar-refractivity contribution in [1.82, 2.24) is 8.75 Å². The molecule has 0 saturated heterocycles. The van der Waals surface area contributed by atoms with Crippen LogP contribution in [0.25, 0.3) is 21.1 Å². The van der Waals surface area contributed by atoms with Crippen LogP contribution in [0.1, 0.15) is 0 Å². The summed E-state index contributed by atoms with van der Waals surface area (Å²) in [6.07, 6.45) is 0. The summed E-state index contributed by atoms with van der Waals surface area (Å²) in [4.78, 5) is 2.37. The van der Waals surface area contributed by atoms with Crippen LogP contribution in [0.15, 0.2) is 35.0 Å². The molecule has 0 saturated carbocycles. The molecule has 0 aliphatic carbocycles. The first-order valence-electron chi connectivity index (χ1n) is 4.35. The lowest BCUT2D eigenvalue weighted by atomic mass is 10.2. The molecule has 0 aliphatic rings. The van der Waals surface area contributed by atoms with Gasteiger partial charge in [0.1, 0.15) is 11.4 Å². The van der Waals surface area contributed by atoms with Crippen LogP contribution in [0, 0.1) is 0 Å². The van der Waals surface area contributed by atoms with Gasteiger partial charge in [0.15, 0.2) is 0 Å². The number of rotatable bonds is 2. The minimum atomic E-state index is 1.01. The van der Waals surface area contributed by atoms with Gasteiger partial charge in [0.2, 0.25) is 0 Å². The molecule has 0 atom stereocenters. The van der Waals surface area contributed by atoms with Gasteiger partial charge in [-0.2, -0.15) is 8.75 Å². The maximum absolute atomic E-state index is 4.36. The van der Waals surface area contributed by atoms with E-state index in [1.807, 2.05) is 12.1 Å². The standard InChI is InChI=1S/C10H6N2S3/c1-3-7(13-5-1)9-10(12-15-11-9)8-4-2-6-14-8/h1-6H. The lowest BCUT2D eigenvalue weighted by molar-refractivity contribution is 1.53. The first-order valence-corrected chi connectivity index (χ1v) is 6.84. The van der Waals surface area contributed by atoms with Crippen LogP contribution in [0.5, 0.6) is 0 Å². The molecule has 3 heterocycles. The van der Waals surface area contributed by atoms with Gasteiger partial charge < -0.3 is 0 Å². The van der Waals surface area contributed by atoms with Crippen LogP contribution >= 0.6 is 34.4 Å². The summed E-state index contributed by atoms with van der Waals surface area (Å²) in [5, 5.41) is 4.12. The number of thiophene rings is 2. The van der Waals surface area contributed by atoms with Crippen molar-refractivity contribution < 1.29 is 0 Å². The lowest BCUT2D eigenvalue weighted by Gasteiger charge is -1.93. The van der Waals surface area contributed by atoms with Gasteiger partial charge in [0.05, 0.1) is 21.5 Å². The largest absolute Gasteiger partial charge is 0.171 e. The van der Waals surface area contributed by atoms with Crippen molar-refractivity contribution in [3.63, 3.8) is 0 Å². The fourth-order valence-electron chi connectivity index (χ4n) is 1.34. The fraction of sp³-hybridized carbons (Fsp3) is 0. The van der Waals surface area contributed by atoms with Crippen molar-refractivity contribution in [2.45, 2.75) is 0 Å². The molecule has 0 N–H and O–H groups in total. The second kappa shape index (κ2) is 3.84. The molecule has 2 nitrogen and oxygen atoms in total. The third-order valence-corrected chi connectivity index (χ3v) is 4.28. The Kier molecular flexibility index (Phi) is 2.36. The van der Waals surface area contributed by atoms with Gasteiger partial charge in [-0.05, 0) is 22.9 Å². The molecule has 0 aliphatic heterocycles. The Labute approximate surface area is 99.2 Å². The predicted molar refractivity (Wildman–Crippen MR) is 66.5 cm³/mol. The summed E-state index contributed by atoms with van der Waals surface area (Å²) in [6, 6.07) is 8.24. The van der Waals surface area contributed by atoms with Crippen LogP contribution in [0.2, 0.25) is 0 Å². The summed E-state index contributed by atoms with van der Waals surface area (Å²) in [6.45, 7) is 0. The van der Waals surface area contributed by atoms with Crippen LogP contribution in [0.4, 0.5) is 0 Å². The first-order chi connectivity index (χ1) is 7.45. The zero-order valence-electron chi connectivity index (χ0n) is 7.58. The van der Waals surface area contributed by atoms with Crippen molar-refractivity contribution >= 4 is 34.4 Å². The van der Waals surface area contributed by atoms with Gasteiger partial charge in [0.25, 0.3) is 0 Å². The van der Waals surface area contributed by atoms with Crippen LogP contribution in [-0.2, 0) is 0 Å². The molecule has 0 amide bonds. The molecule has 15 heavy (non-hydrogen) atoms. The van der Waals surface area contributed by atoms with E-state index < -0.39 is 0 Å². The van der Waals surface area contributed by atoms with Crippen LogP contribution in [-0.4, -0.2) is 8.75 Å². The zero-order chi connectivity index (χ0) is 10.1. The lowest BCUT2D eigenvalue weighted by Crippen LogP contribution is -1.76. The zero-order valence-corrected chi connectivity index (χ0v) is 10.0. The van der Waals surface area contributed by atoms with Crippen molar-refractivity contribution in [3.8, 4) is 21.1 Å². The summed E-state index contributed by atoms with van der Waals surface area (Å²) < 4.78 is 8.72. The van der Waals surface area contributed by atoms with E-state index in [9.17, 15) is 0 Å². The van der Waals surface area contributed by atoms with Gasteiger partial charge in [-0.1, -0.05) is 12.1 Å². The Bertz CT molecular complexity index is 488. The van der Waals surface area contributed by atoms with E-state index in [0.717, 1.165) is 11.4 Å². The second-order valence-electron chi connectivity index (χ2n) is 2.92. The minimum Gasteiger partial charge on any atom is -0.171 e. The topological polar surface area (TPSA) is 25.8 Å². The molecule has 3 rings (SSSR count). The van der Waals surface area contributed by atoms with E-state index in [1.54, 1.807) is 22.7 Å². The summed E-state index contributed by atoms with van der Waals surface area (Å²) in [5.41, 5.74) is 2.02. The maximum atomic E-state index is 4.36. The van der Waals surface area contributed by atoms with Crippen LogP contribution < -0.4 is 0 Å². The fourth-order valence-corrected chi connectivity index (χ4v) is 3.46. The molecule has 0 bridgehead atoms. The van der Waals surface area contributed by atoms with Crippen molar-refractivity contribution in [3.05, 3.63) is 35.0 Å². The highest BCUT2D eigenvalue weighted by atomic mass is 32.1. The van der Waals surface area contributed by atoms with Crippen molar-refractivity contribution in [2.24, 2.45) is 0 Å². The highest BCUT2D eigenvalue weighted by molar-refractivity contribution is 7.15. The van der Waals surface area contributed by atoms with E-state index in [4.69, 9.17) is 0 Å². The number of aromatic nitrogens is 2. The molecule has 0 radical (unpaired) electrons. The van der Waals surface area contributed by atoms with Gasteiger partial charge in [-0.25, -0.2) is 0 Å². The van der Waals surface area contributed by atoms with E-state index in [2.05, 4.69) is 31.6 Å². The number of nitrogens with zero attached hydrogens (tertiary/aromatic N) is 2. The molecule has 0 aromatic carbocycles. The molecular formula is C10H6N2S3. The molecule has 0 spiro atoms. The third kappa shape index (κ3) is 1.62. The average Bonchev–Trinajstić information content (AvgIpc) is 3.01. The Morgan fingerprint density at radius 1 is 0.800 bits per heavy atom. The average molecular weight is 250 g/mol. The first kappa shape index (κ1) is 9.21. The number of hydrogen-bond donors (Lipinski definition) is 0. The number of hydrogen-bond acceptors (Lipinski definition) is 5. The Morgan fingerprint density at radius 3 is 1.73 bits per heavy atom.